The fourth-order valence-corrected chi connectivity index (χ4v) is 2.38. The SMILES string of the molecule is Cc1ccnc(Cl)c1NC(=O)c1cc(Br)cn1C. The lowest BCUT2D eigenvalue weighted by Gasteiger charge is -2.09. The molecule has 1 amide bonds. The topological polar surface area (TPSA) is 46.9 Å². The standard InChI is InChI=1S/C12H11BrClN3O/c1-7-3-4-15-11(14)10(7)16-12(18)9-5-8(13)6-17(9)2/h3-6H,1-2H3,(H,16,18). The van der Waals surface area contributed by atoms with E-state index < -0.39 is 0 Å². The zero-order valence-corrected chi connectivity index (χ0v) is 12.2. The molecule has 6 heteroatoms. The van der Waals surface area contributed by atoms with E-state index in [1.807, 2.05) is 13.1 Å². The van der Waals surface area contributed by atoms with Crippen molar-refractivity contribution in [2.24, 2.45) is 7.05 Å². The molecular weight excluding hydrogens is 318 g/mol. The van der Waals surface area contributed by atoms with Gasteiger partial charge in [0, 0.05) is 23.9 Å². The van der Waals surface area contributed by atoms with E-state index in [1.54, 1.807) is 29.9 Å². The summed E-state index contributed by atoms with van der Waals surface area (Å²) in [7, 11) is 1.80. The minimum atomic E-state index is -0.221. The molecule has 0 saturated carbocycles. The number of hydrogen-bond acceptors (Lipinski definition) is 2. The first-order chi connectivity index (χ1) is 8.49. The Kier molecular flexibility index (Phi) is 3.73. The number of rotatable bonds is 2. The van der Waals surface area contributed by atoms with Crippen molar-refractivity contribution in [2.45, 2.75) is 6.92 Å². The van der Waals surface area contributed by atoms with Crippen molar-refractivity contribution in [3.05, 3.63) is 45.4 Å². The van der Waals surface area contributed by atoms with Gasteiger partial charge >= 0.3 is 0 Å². The van der Waals surface area contributed by atoms with Crippen molar-refractivity contribution in [1.82, 2.24) is 9.55 Å². The molecule has 1 N–H and O–H groups in total. The lowest BCUT2D eigenvalue weighted by Crippen LogP contribution is -2.16. The number of halogens is 2. The number of aryl methyl sites for hydroxylation is 2. The number of carbonyl (C=O) groups excluding carboxylic acids is 1. The minimum Gasteiger partial charge on any atom is -0.345 e. The molecule has 0 spiro atoms. The van der Waals surface area contributed by atoms with Crippen LogP contribution in [-0.4, -0.2) is 15.5 Å². The molecule has 0 bridgehead atoms. The van der Waals surface area contributed by atoms with Gasteiger partial charge < -0.3 is 9.88 Å². The third-order valence-electron chi connectivity index (χ3n) is 2.56. The average molecular weight is 329 g/mol. The number of nitrogens with zero attached hydrogens (tertiary/aromatic N) is 2. The quantitative estimate of drug-likeness (QED) is 0.859. The maximum absolute atomic E-state index is 12.1. The van der Waals surface area contributed by atoms with E-state index in [0.29, 0.717) is 11.4 Å². The van der Waals surface area contributed by atoms with Crippen LogP contribution in [0.3, 0.4) is 0 Å². The van der Waals surface area contributed by atoms with Gasteiger partial charge in [-0.25, -0.2) is 4.98 Å². The van der Waals surface area contributed by atoms with Gasteiger partial charge in [0.15, 0.2) is 5.15 Å². The zero-order chi connectivity index (χ0) is 13.3. The normalized spacial score (nSPS) is 10.4. The highest BCUT2D eigenvalue weighted by Crippen LogP contribution is 2.24. The van der Waals surface area contributed by atoms with Gasteiger partial charge in [-0.3, -0.25) is 4.79 Å². The van der Waals surface area contributed by atoms with Crippen LogP contribution in [0.5, 0.6) is 0 Å². The Labute approximate surface area is 118 Å². The third kappa shape index (κ3) is 2.57. The number of pyridine rings is 1. The summed E-state index contributed by atoms with van der Waals surface area (Å²) < 4.78 is 2.59. The first-order valence-corrected chi connectivity index (χ1v) is 6.40. The van der Waals surface area contributed by atoms with E-state index in [-0.39, 0.29) is 11.1 Å². The molecule has 0 unspecified atom stereocenters. The van der Waals surface area contributed by atoms with Crippen LogP contribution in [0.1, 0.15) is 16.1 Å². The lowest BCUT2D eigenvalue weighted by molar-refractivity contribution is 0.101. The van der Waals surface area contributed by atoms with Crippen LogP contribution >= 0.6 is 27.5 Å². The van der Waals surface area contributed by atoms with Crippen LogP contribution in [0.15, 0.2) is 29.0 Å². The van der Waals surface area contributed by atoms with Crippen LogP contribution < -0.4 is 5.32 Å². The number of amides is 1. The second-order valence-corrected chi connectivity index (χ2v) is 5.18. The molecular formula is C12H11BrClN3O. The first kappa shape index (κ1) is 13.1. The van der Waals surface area contributed by atoms with Crippen LogP contribution in [0.2, 0.25) is 5.15 Å². The smallest absolute Gasteiger partial charge is 0.272 e. The Balaban J connectivity index is 2.30. The summed E-state index contributed by atoms with van der Waals surface area (Å²) in [5.74, 6) is -0.221. The van der Waals surface area contributed by atoms with Crippen molar-refractivity contribution >= 4 is 39.1 Å². The highest BCUT2D eigenvalue weighted by Gasteiger charge is 2.14. The zero-order valence-electron chi connectivity index (χ0n) is 9.87. The van der Waals surface area contributed by atoms with Crippen molar-refractivity contribution in [3.63, 3.8) is 0 Å². The molecule has 0 fully saturated rings. The second-order valence-electron chi connectivity index (χ2n) is 3.90. The van der Waals surface area contributed by atoms with E-state index in [0.717, 1.165) is 10.0 Å². The lowest BCUT2D eigenvalue weighted by atomic mass is 10.2. The predicted octanol–water partition coefficient (Wildman–Crippen LogP) is 3.40. The van der Waals surface area contributed by atoms with Crippen molar-refractivity contribution in [1.29, 1.82) is 0 Å². The fourth-order valence-electron chi connectivity index (χ4n) is 1.60. The Morgan fingerprint density at radius 1 is 1.56 bits per heavy atom. The minimum absolute atomic E-state index is 0.221. The summed E-state index contributed by atoms with van der Waals surface area (Å²) in [5.41, 5.74) is 1.96. The third-order valence-corrected chi connectivity index (χ3v) is 3.28. The molecule has 0 saturated heterocycles. The Morgan fingerprint density at radius 2 is 2.28 bits per heavy atom. The maximum Gasteiger partial charge on any atom is 0.272 e. The molecule has 2 aromatic rings. The number of hydrogen-bond donors (Lipinski definition) is 1. The van der Waals surface area contributed by atoms with Gasteiger partial charge in [0.2, 0.25) is 0 Å². The highest BCUT2D eigenvalue weighted by atomic mass is 79.9. The maximum atomic E-state index is 12.1. The summed E-state index contributed by atoms with van der Waals surface area (Å²) in [5, 5.41) is 3.06. The van der Waals surface area contributed by atoms with E-state index >= 15 is 0 Å². The molecule has 2 heterocycles. The molecule has 4 nitrogen and oxygen atoms in total. The number of nitrogens with one attached hydrogen (secondary N) is 1. The monoisotopic (exact) mass is 327 g/mol. The van der Waals surface area contributed by atoms with Crippen LogP contribution in [-0.2, 0) is 7.05 Å². The number of carbonyl (C=O) groups is 1. The highest BCUT2D eigenvalue weighted by molar-refractivity contribution is 9.10. The molecule has 0 aliphatic heterocycles. The van der Waals surface area contributed by atoms with Gasteiger partial charge in [0.25, 0.3) is 5.91 Å². The van der Waals surface area contributed by atoms with E-state index in [2.05, 4.69) is 26.2 Å². The largest absolute Gasteiger partial charge is 0.345 e. The molecule has 0 aliphatic carbocycles. The molecule has 2 rings (SSSR count). The van der Waals surface area contributed by atoms with Crippen molar-refractivity contribution < 1.29 is 4.79 Å². The second kappa shape index (κ2) is 5.12. The van der Waals surface area contributed by atoms with Crippen LogP contribution in [0.4, 0.5) is 5.69 Å². The molecule has 2 aromatic heterocycles. The van der Waals surface area contributed by atoms with E-state index in [4.69, 9.17) is 11.6 Å². The molecule has 0 radical (unpaired) electrons. The Hall–Kier alpha value is -1.33. The van der Waals surface area contributed by atoms with Gasteiger partial charge in [0.1, 0.15) is 5.69 Å². The summed E-state index contributed by atoms with van der Waals surface area (Å²) in [6, 6.07) is 3.54. The van der Waals surface area contributed by atoms with Crippen LogP contribution in [0.25, 0.3) is 0 Å². The van der Waals surface area contributed by atoms with Crippen molar-refractivity contribution in [2.75, 3.05) is 5.32 Å². The summed E-state index contributed by atoms with van der Waals surface area (Å²) >= 11 is 9.29. The molecule has 0 aliphatic rings. The van der Waals surface area contributed by atoms with Gasteiger partial charge in [0.05, 0.1) is 5.69 Å². The molecule has 0 atom stereocenters. The van der Waals surface area contributed by atoms with Gasteiger partial charge in [-0.1, -0.05) is 11.6 Å². The summed E-state index contributed by atoms with van der Waals surface area (Å²) in [6.45, 7) is 1.87. The molecule has 94 valence electrons. The van der Waals surface area contributed by atoms with Crippen LogP contribution in [0, 0.1) is 6.92 Å². The van der Waals surface area contributed by atoms with E-state index in [1.165, 1.54) is 0 Å². The van der Waals surface area contributed by atoms with Gasteiger partial charge in [-0.05, 0) is 40.5 Å². The summed E-state index contributed by atoms with van der Waals surface area (Å²) in [6.07, 6.45) is 3.42. The number of aromatic nitrogens is 2. The molecule has 18 heavy (non-hydrogen) atoms. The predicted molar refractivity (Wildman–Crippen MR) is 75.1 cm³/mol. The average Bonchev–Trinajstić information content (AvgIpc) is 2.63. The Morgan fingerprint density at radius 3 is 2.83 bits per heavy atom. The van der Waals surface area contributed by atoms with E-state index in [9.17, 15) is 4.79 Å². The van der Waals surface area contributed by atoms with Gasteiger partial charge in [-0.15, -0.1) is 0 Å². The van der Waals surface area contributed by atoms with Gasteiger partial charge in [-0.2, -0.15) is 0 Å². The molecule has 0 aromatic carbocycles. The van der Waals surface area contributed by atoms with Crippen molar-refractivity contribution in [3.8, 4) is 0 Å². The Bertz CT molecular complexity index is 589. The fraction of sp³-hybridized carbons (Fsp3) is 0.167. The first-order valence-electron chi connectivity index (χ1n) is 5.23. The summed E-state index contributed by atoms with van der Waals surface area (Å²) in [4.78, 5) is 16.1. The number of anilines is 1.